The van der Waals surface area contributed by atoms with E-state index in [1.54, 1.807) is 43.0 Å². The number of piperazine rings is 1. The highest BCUT2D eigenvalue weighted by Crippen LogP contribution is 2.50. The van der Waals surface area contributed by atoms with Crippen LogP contribution in [0, 0.1) is 0 Å². The molecular weight excluding hydrogens is 558 g/mol. The van der Waals surface area contributed by atoms with Gasteiger partial charge in [0.2, 0.25) is 0 Å². The summed E-state index contributed by atoms with van der Waals surface area (Å²) in [5.74, 6) is -0.228. The molecule has 41 heavy (non-hydrogen) atoms. The van der Waals surface area contributed by atoms with Crippen LogP contribution in [0.15, 0.2) is 48.5 Å². The number of nitrogens with zero attached hydrogens (tertiary/aromatic N) is 2. The Kier molecular flexibility index (Phi) is 9.61. The van der Waals surface area contributed by atoms with Gasteiger partial charge in [-0.25, -0.2) is 4.79 Å². The first-order chi connectivity index (χ1) is 18.9. The molecule has 1 heterocycles. The van der Waals surface area contributed by atoms with E-state index >= 15 is 0 Å². The monoisotopic (exact) mass is 590 g/mol. The number of anilines is 1. The Balaban J connectivity index is 1.51. The molecule has 1 saturated heterocycles. The Morgan fingerprint density at radius 1 is 0.829 bits per heavy atom. The van der Waals surface area contributed by atoms with Crippen molar-refractivity contribution in [3.63, 3.8) is 0 Å². The van der Waals surface area contributed by atoms with Gasteiger partial charge in [-0.15, -0.1) is 0 Å². The summed E-state index contributed by atoms with van der Waals surface area (Å²) in [5, 5.41) is 24.5. The van der Waals surface area contributed by atoms with Crippen LogP contribution in [0.4, 0.5) is 36.8 Å². The van der Waals surface area contributed by atoms with Crippen LogP contribution in [0.25, 0.3) is 0 Å². The smallest absolute Gasteiger partial charge is 0.390 e. The second-order valence-electron chi connectivity index (χ2n) is 10.5. The zero-order valence-electron chi connectivity index (χ0n) is 22.4. The molecule has 4 N–H and O–H groups in total. The predicted octanol–water partition coefficient (Wildman–Crippen LogP) is 4.24. The van der Waals surface area contributed by atoms with Crippen LogP contribution in [-0.2, 0) is 12.1 Å². The number of urea groups is 1. The van der Waals surface area contributed by atoms with Crippen LogP contribution in [0.5, 0.6) is 0 Å². The van der Waals surface area contributed by atoms with Gasteiger partial charge in [0.1, 0.15) is 0 Å². The van der Waals surface area contributed by atoms with Gasteiger partial charge in [0.05, 0.1) is 5.60 Å². The van der Waals surface area contributed by atoms with Gasteiger partial charge in [0.25, 0.3) is 11.5 Å². The van der Waals surface area contributed by atoms with Gasteiger partial charge in [0, 0.05) is 56.1 Å². The molecule has 1 fully saturated rings. The summed E-state index contributed by atoms with van der Waals surface area (Å²) in [6, 6.07) is 9.33. The fraction of sp³-hybridized carbons (Fsp3) is 0.481. The average Bonchev–Trinajstić information content (AvgIpc) is 2.87. The second kappa shape index (κ2) is 12.2. The quantitative estimate of drug-likeness (QED) is 0.345. The van der Waals surface area contributed by atoms with Crippen LogP contribution in [0.1, 0.15) is 41.8 Å². The summed E-state index contributed by atoms with van der Waals surface area (Å²) in [4.78, 5) is 28.4. The summed E-state index contributed by atoms with van der Waals surface area (Å²) < 4.78 is 78.5. The molecule has 226 valence electrons. The fourth-order valence-corrected chi connectivity index (χ4v) is 4.24. The Morgan fingerprint density at radius 2 is 1.37 bits per heavy atom. The maximum absolute atomic E-state index is 13.1. The molecule has 1 aliphatic rings. The highest BCUT2D eigenvalue weighted by atomic mass is 19.4. The van der Waals surface area contributed by atoms with E-state index in [-0.39, 0.29) is 19.0 Å². The van der Waals surface area contributed by atoms with E-state index in [4.69, 9.17) is 0 Å². The molecule has 0 bridgehead atoms. The largest absolute Gasteiger partial charge is 0.430 e. The standard InChI is InChI=1S/C27H32F6N4O4/c1-24(2,40)11-12-34-23(39)35-21-9-5-19(6-10-21)22(38)37-15-13-36(14-16-37)17-18-3-7-20(8-4-18)25(41,26(28,29)30)27(31,32)33/h3-10,40-41H,11-17H2,1-2H3,(H2,34,35,39). The van der Waals surface area contributed by atoms with E-state index in [0.717, 1.165) is 12.1 Å². The summed E-state index contributed by atoms with van der Waals surface area (Å²) in [6.45, 7) is 5.33. The van der Waals surface area contributed by atoms with Crippen LogP contribution >= 0.6 is 0 Å². The van der Waals surface area contributed by atoms with Crippen molar-refractivity contribution in [1.82, 2.24) is 15.1 Å². The first kappa shape index (κ1) is 32.2. The second-order valence-corrected chi connectivity index (χ2v) is 10.5. The van der Waals surface area contributed by atoms with Crippen LogP contribution in [0.3, 0.4) is 0 Å². The third-order valence-electron chi connectivity index (χ3n) is 6.67. The molecule has 1 aliphatic heterocycles. The molecule has 0 unspecified atom stereocenters. The molecule has 3 amide bonds. The van der Waals surface area contributed by atoms with Crippen molar-refractivity contribution in [3.05, 3.63) is 65.2 Å². The van der Waals surface area contributed by atoms with Gasteiger partial charge in [-0.05, 0) is 50.1 Å². The van der Waals surface area contributed by atoms with Gasteiger partial charge >= 0.3 is 18.4 Å². The predicted molar refractivity (Wildman–Crippen MR) is 138 cm³/mol. The highest BCUT2D eigenvalue weighted by molar-refractivity contribution is 5.95. The summed E-state index contributed by atoms with van der Waals surface area (Å²) >= 11 is 0. The average molecular weight is 591 g/mol. The lowest BCUT2D eigenvalue weighted by molar-refractivity contribution is -0.376. The Labute approximate surface area is 232 Å². The molecule has 0 spiro atoms. The Morgan fingerprint density at radius 3 is 1.85 bits per heavy atom. The van der Waals surface area contributed by atoms with E-state index in [2.05, 4.69) is 10.6 Å². The third-order valence-corrected chi connectivity index (χ3v) is 6.67. The molecule has 0 saturated carbocycles. The lowest BCUT2D eigenvalue weighted by atomic mass is 9.91. The van der Waals surface area contributed by atoms with Gasteiger partial charge in [-0.3, -0.25) is 9.69 Å². The fourth-order valence-electron chi connectivity index (χ4n) is 4.24. The highest BCUT2D eigenvalue weighted by Gasteiger charge is 2.71. The van der Waals surface area contributed by atoms with Crippen LogP contribution < -0.4 is 10.6 Å². The van der Waals surface area contributed by atoms with Crippen molar-refractivity contribution < 1.29 is 46.1 Å². The van der Waals surface area contributed by atoms with Crippen molar-refractivity contribution in [2.45, 2.75) is 50.4 Å². The Hall–Kier alpha value is -3.36. The molecule has 2 aromatic rings. The van der Waals surface area contributed by atoms with E-state index in [0.29, 0.717) is 61.5 Å². The number of amides is 3. The number of carbonyl (C=O) groups excluding carboxylic acids is 2. The van der Waals surface area contributed by atoms with Gasteiger partial charge in [0.15, 0.2) is 0 Å². The first-order valence-electron chi connectivity index (χ1n) is 12.7. The lowest BCUT2D eigenvalue weighted by Gasteiger charge is -2.35. The maximum atomic E-state index is 13.1. The molecule has 0 radical (unpaired) electrons. The van der Waals surface area contributed by atoms with Gasteiger partial charge in [-0.1, -0.05) is 24.3 Å². The number of aliphatic hydroxyl groups is 2. The number of alkyl halides is 6. The number of carbonyl (C=O) groups is 2. The summed E-state index contributed by atoms with van der Waals surface area (Å²) in [7, 11) is 0. The van der Waals surface area contributed by atoms with Crippen LogP contribution in [-0.4, -0.2) is 82.6 Å². The molecule has 2 aromatic carbocycles. The number of rotatable bonds is 8. The van der Waals surface area contributed by atoms with Gasteiger partial charge < -0.3 is 25.7 Å². The molecule has 3 rings (SSSR count). The molecule has 0 aromatic heterocycles. The molecular formula is C27H32F6N4O4. The number of nitrogens with one attached hydrogen (secondary N) is 2. The number of benzene rings is 2. The topological polar surface area (TPSA) is 105 Å². The van der Waals surface area contributed by atoms with E-state index < -0.39 is 35.1 Å². The van der Waals surface area contributed by atoms with Gasteiger partial charge in [-0.2, -0.15) is 26.3 Å². The minimum Gasteiger partial charge on any atom is -0.390 e. The van der Waals surface area contributed by atoms with Crippen molar-refractivity contribution in [3.8, 4) is 0 Å². The van der Waals surface area contributed by atoms with Crippen molar-refractivity contribution in [1.29, 1.82) is 0 Å². The zero-order chi connectivity index (χ0) is 30.6. The SMILES string of the molecule is CC(C)(O)CCNC(=O)Nc1ccc(C(=O)N2CCN(Cc3ccc(C(O)(C(F)(F)F)C(F)(F)F)cc3)CC2)cc1. The zero-order valence-corrected chi connectivity index (χ0v) is 22.4. The molecule has 14 heteroatoms. The van der Waals surface area contributed by atoms with Crippen molar-refractivity contribution in [2.24, 2.45) is 0 Å². The number of halogens is 6. The molecule has 0 atom stereocenters. The normalized spacial score (nSPS) is 15.5. The Bertz CT molecular complexity index is 1170. The van der Waals surface area contributed by atoms with Crippen molar-refractivity contribution in [2.75, 3.05) is 38.0 Å². The van der Waals surface area contributed by atoms with Crippen LogP contribution in [0.2, 0.25) is 0 Å². The molecule has 0 aliphatic carbocycles. The molecule has 8 nitrogen and oxygen atoms in total. The first-order valence-corrected chi connectivity index (χ1v) is 12.7. The number of hydrogen-bond acceptors (Lipinski definition) is 5. The maximum Gasteiger partial charge on any atom is 0.430 e. The summed E-state index contributed by atoms with van der Waals surface area (Å²) in [6.07, 6.45) is -11.5. The lowest BCUT2D eigenvalue weighted by Crippen LogP contribution is -2.53. The van der Waals surface area contributed by atoms with E-state index in [9.17, 15) is 46.1 Å². The van der Waals surface area contributed by atoms with E-state index in [1.165, 1.54) is 0 Å². The minimum atomic E-state index is -5.95. The third kappa shape index (κ3) is 8.11. The van der Waals surface area contributed by atoms with Crippen molar-refractivity contribution >= 4 is 17.6 Å². The number of hydrogen-bond donors (Lipinski definition) is 4. The van der Waals surface area contributed by atoms with E-state index in [1.807, 2.05) is 4.90 Å². The minimum absolute atomic E-state index is 0.228. The summed E-state index contributed by atoms with van der Waals surface area (Å²) in [5.41, 5.74) is -5.86.